The van der Waals surface area contributed by atoms with E-state index in [1.165, 1.54) is 17.4 Å². The van der Waals surface area contributed by atoms with E-state index in [9.17, 15) is 14.3 Å². The van der Waals surface area contributed by atoms with Gasteiger partial charge in [0.1, 0.15) is 23.2 Å². The van der Waals surface area contributed by atoms with Gasteiger partial charge in [0.25, 0.3) is 0 Å². The van der Waals surface area contributed by atoms with Crippen LogP contribution in [0.4, 0.5) is 4.39 Å². The van der Waals surface area contributed by atoms with Crippen LogP contribution in [0.5, 0.6) is 5.75 Å². The Morgan fingerprint density at radius 3 is 2.64 bits per heavy atom. The van der Waals surface area contributed by atoms with Crippen molar-refractivity contribution in [3.05, 3.63) is 34.6 Å². The summed E-state index contributed by atoms with van der Waals surface area (Å²) in [4.78, 5) is 16.2. The fraction of sp³-hybridized carbons (Fsp3) is 0.333. The van der Waals surface area contributed by atoms with Crippen molar-refractivity contribution in [1.29, 1.82) is 0 Å². The second-order valence-corrected chi connectivity index (χ2v) is 6.75. The predicted molar refractivity (Wildman–Crippen MR) is 81.0 cm³/mol. The van der Waals surface area contributed by atoms with Crippen LogP contribution in [-0.4, -0.2) is 33.4 Å². The predicted octanol–water partition coefficient (Wildman–Crippen LogP) is 3.11. The lowest BCUT2D eigenvalue weighted by molar-refractivity contribution is 0.0284. The number of carboxylic acid groups (broad SMARTS) is 1. The molecule has 0 fully saturated rings. The average molecular weight is 325 g/mol. The summed E-state index contributed by atoms with van der Waals surface area (Å²) in [5.41, 5.74) is -1.50. The number of carboxylic acids is 1. The Kier molecular flexibility index (Phi) is 4.48. The van der Waals surface area contributed by atoms with Crippen molar-refractivity contribution in [3.63, 3.8) is 0 Å². The summed E-state index contributed by atoms with van der Waals surface area (Å²) >= 11 is 1.26. The van der Waals surface area contributed by atoms with Crippen molar-refractivity contribution < 1.29 is 24.1 Å². The first-order chi connectivity index (χ1) is 10.2. The van der Waals surface area contributed by atoms with Gasteiger partial charge >= 0.3 is 5.97 Å². The van der Waals surface area contributed by atoms with E-state index in [0.717, 1.165) is 10.9 Å². The number of aromatic nitrogens is 1. The Labute approximate surface area is 131 Å². The zero-order valence-corrected chi connectivity index (χ0v) is 13.2. The van der Waals surface area contributed by atoms with Gasteiger partial charge in [-0.1, -0.05) is 0 Å². The SMILES string of the molecule is Cc1cnc(-c2cc(OCC(C)(C)O)cc(C(=O)O)c2F)s1. The van der Waals surface area contributed by atoms with Gasteiger partial charge in [0.05, 0.1) is 16.7 Å². The molecule has 0 saturated carbocycles. The van der Waals surface area contributed by atoms with Gasteiger partial charge in [0.2, 0.25) is 0 Å². The van der Waals surface area contributed by atoms with Gasteiger partial charge in [-0.25, -0.2) is 14.2 Å². The summed E-state index contributed by atoms with van der Waals surface area (Å²) in [7, 11) is 0. The van der Waals surface area contributed by atoms with Gasteiger partial charge in [-0.2, -0.15) is 0 Å². The molecule has 2 N–H and O–H groups in total. The maximum Gasteiger partial charge on any atom is 0.338 e. The quantitative estimate of drug-likeness (QED) is 0.883. The molecule has 1 aromatic carbocycles. The first kappa shape index (κ1) is 16.4. The molecule has 7 heteroatoms. The standard InChI is InChI=1S/C15H16FNO4S/c1-8-6-17-13(22-8)10-4-9(21-7-15(2,3)20)5-11(12(10)16)14(18)19/h4-6,20H,7H2,1-3H3,(H,18,19). The Morgan fingerprint density at radius 2 is 2.14 bits per heavy atom. The second kappa shape index (κ2) is 6.02. The van der Waals surface area contributed by atoms with Gasteiger partial charge in [0.15, 0.2) is 0 Å². The van der Waals surface area contributed by atoms with Crippen molar-refractivity contribution >= 4 is 17.3 Å². The largest absolute Gasteiger partial charge is 0.491 e. The van der Waals surface area contributed by atoms with Gasteiger partial charge < -0.3 is 14.9 Å². The molecule has 0 saturated heterocycles. The molecular weight excluding hydrogens is 309 g/mol. The van der Waals surface area contributed by atoms with Gasteiger partial charge in [-0.05, 0) is 32.9 Å². The smallest absolute Gasteiger partial charge is 0.338 e. The Hall–Kier alpha value is -1.99. The van der Waals surface area contributed by atoms with Crippen molar-refractivity contribution in [1.82, 2.24) is 4.98 Å². The Balaban J connectivity index is 2.48. The fourth-order valence-corrected chi connectivity index (χ4v) is 2.51. The van der Waals surface area contributed by atoms with E-state index >= 15 is 0 Å². The lowest BCUT2D eigenvalue weighted by Crippen LogP contribution is -2.28. The maximum absolute atomic E-state index is 14.4. The number of carbonyl (C=O) groups is 1. The number of hydrogen-bond donors (Lipinski definition) is 2. The summed E-state index contributed by atoms with van der Waals surface area (Å²) in [6.45, 7) is 4.89. The molecule has 1 heterocycles. The topological polar surface area (TPSA) is 79.7 Å². The molecular formula is C15H16FNO4S. The number of ether oxygens (including phenoxy) is 1. The summed E-state index contributed by atoms with van der Waals surface area (Å²) in [5, 5.41) is 19.2. The molecule has 0 aliphatic rings. The highest BCUT2D eigenvalue weighted by atomic mass is 32.1. The van der Waals surface area contributed by atoms with Crippen LogP contribution in [0.3, 0.4) is 0 Å². The molecule has 0 amide bonds. The summed E-state index contributed by atoms with van der Waals surface area (Å²) in [6.07, 6.45) is 1.59. The van der Waals surface area contributed by atoms with E-state index in [1.54, 1.807) is 20.0 Å². The number of aryl methyl sites for hydroxylation is 1. The van der Waals surface area contributed by atoms with Crippen molar-refractivity contribution in [2.24, 2.45) is 0 Å². The van der Waals surface area contributed by atoms with Crippen LogP contribution in [0, 0.1) is 12.7 Å². The minimum absolute atomic E-state index is 0.0476. The molecule has 0 atom stereocenters. The molecule has 118 valence electrons. The van der Waals surface area contributed by atoms with Crippen LogP contribution in [0.2, 0.25) is 0 Å². The molecule has 0 bridgehead atoms. The summed E-state index contributed by atoms with van der Waals surface area (Å²) in [6, 6.07) is 2.50. The number of rotatable bonds is 5. The van der Waals surface area contributed by atoms with Gasteiger partial charge in [-0.15, -0.1) is 11.3 Å². The third-order valence-corrected chi connectivity index (χ3v) is 3.67. The Bertz CT molecular complexity index is 706. The van der Waals surface area contributed by atoms with Gasteiger partial charge in [-0.3, -0.25) is 0 Å². The zero-order chi connectivity index (χ0) is 16.5. The number of aromatic carboxylic acids is 1. The molecule has 0 radical (unpaired) electrons. The monoisotopic (exact) mass is 325 g/mol. The minimum Gasteiger partial charge on any atom is -0.491 e. The third-order valence-electron chi connectivity index (χ3n) is 2.72. The molecule has 5 nitrogen and oxygen atoms in total. The molecule has 0 unspecified atom stereocenters. The normalized spacial score (nSPS) is 11.5. The lowest BCUT2D eigenvalue weighted by Gasteiger charge is -2.18. The average Bonchev–Trinajstić information content (AvgIpc) is 2.82. The van der Waals surface area contributed by atoms with Crippen molar-refractivity contribution in [2.75, 3.05) is 6.61 Å². The molecule has 2 aromatic rings. The number of aliphatic hydroxyl groups is 1. The minimum atomic E-state index is -1.39. The highest BCUT2D eigenvalue weighted by Gasteiger charge is 2.21. The summed E-state index contributed by atoms with van der Waals surface area (Å²) < 4.78 is 19.7. The van der Waals surface area contributed by atoms with Crippen LogP contribution in [0.1, 0.15) is 29.1 Å². The van der Waals surface area contributed by atoms with Crippen LogP contribution in [-0.2, 0) is 0 Å². The van der Waals surface area contributed by atoms with Crippen molar-refractivity contribution in [3.8, 4) is 16.3 Å². The number of hydrogen-bond acceptors (Lipinski definition) is 5. The first-order valence-electron chi connectivity index (χ1n) is 6.52. The van der Waals surface area contributed by atoms with Crippen LogP contribution in [0.25, 0.3) is 10.6 Å². The molecule has 0 spiro atoms. The van der Waals surface area contributed by atoms with Crippen molar-refractivity contribution in [2.45, 2.75) is 26.4 Å². The molecule has 2 rings (SSSR count). The van der Waals surface area contributed by atoms with Crippen LogP contribution >= 0.6 is 11.3 Å². The van der Waals surface area contributed by atoms with E-state index in [-0.39, 0.29) is 17.9 Å². The van der Waals surface area contributed by atoms with E-state index < -0.39 is 23.0 Å². The Morgan fingerprint density at radius 1 is 1.45 bits per heavy atom. The van der Waals surface area contributed by atoms with Gasteiger partial charge in [0, 0.05) is 11.1 Å². The number of benzene rings is 1. The highest BCUT2D eigenvalue weighted by Crippen LogP contribution is 2.32. The van der Waals surface area contributed by atoms with E-state index in [4.69, 9.17) is 9.84 Å². The second-order valence-electron chi connectivity index (χ2n) is 5.51. The lowest BCUT2D eigenvalue weighted by atomic mass is 10.1. The summed E-state index contributed by atoms with van der Waals surface area (Å²) in [5.74, 6) is -2.07. The molecule has 0 aliphatic carbocycles. The number of nitrogens with zero attached hydrogens (tertiary/aromatic N) is 1. The maximum atomic E-state index is 14.4. The molecule has 0 aliphatic heterocycles. The van der Waals surface area contributed by atoms with E-state index in [2.05, 4.69) is 4.98 Å². The van der Waals surface area contributed by atoms with Crippen LogP contribution < -0.4 is 4.74 Å². The number of halogens is 1. The molecule has 1 aromatic heterocycles. The van der Waals surface area contributed by atoms with Crippen LogP contribution in [0.15, 0.2) is 18.3 Å². The fourth-order valence-electron chi connectivity index (χ4n) is 1.73. The molecule has 22 heavy (non-hydrogen) atoms. The van der Waals surface area contributed by atoms with E-state index in [0.29, 0.717) is 5.01 Å². The number of thiazole rings is 1. The highest BCUT2D eigenvalue weighted by molar-refractivity contribution is 7.14. The zero-order valence-electron chi connectivity index (χ0n) is 12.4. The first-order valence-corrected chi connectivity index (χ1v) is 7.34. The van der Waals surface area contributed by atoms with E-state index in [1.807, 2.05) is 6.92 Å². The third kappa shape index (κ3) is 3.80.